The Morgan fingerprint density at radius 2 is 1.95 bits per heavy atom. The first-order chi connectivity index (χ1) is 10.2. The molecule has 0 fully saturated rings. The summed E-state index contributed by atoms with van der Waals surface area (Å²) in [6, 6.07) is 10.8. The van der Waals surface area contributed by atoms with E-state index in [1.54, 1.807) is 12.1 Å². The third-order valence-corrected chi connectivity index (χ3v) is 2.79. The number of hydrogen-bond acceptors (Lipinski definition) is 5. The molecule has 0 aliphatic rings. The molecule has 0 atom stereocenters. The predicted molar refractivity (Wildman–Crippen MR) is 79.3 cm³/mol. The number of amides is 1. The van der Waals surface area contributed by atoms with Crippen molar-refractivity contribution < 1.29 is 9.53 Å². The molecule has 0 unspecified atom stereocenters. The highest BCUT2D eigenvalue weighted by atomic mass is 16.5. The predicted octanol–water partition coefficient (Wildman–Crippen LogP) is 1.52. The molecule has 2 aromatic rings. The lowest BCUT2D eigenvalue weighted by Gasteiger charge is -2.06. The number of rotatable bonds is 6. The Kier molecular flexibility index (Phi) is 5.22. The number of nitrogens with two attached hydrogens (primary N) is 1. The van der Waals surface area contributed by atoms with Crippen molar-refractivity contribution in [3.63, 3.8) is 0 Å². The first-order valence-electron chi connectivity index (χ1n) is 6.81. The topological polar surface area (TPSA) is 90.1 Å². The second-order valence-corrected chi connectivity index (χ2v) is 4.40. The lowest BCUT2D eigenvalue weighted by Crippen LogP contribution is -2.23. The molecule has 0 saturated heterocycles. The first-order valence-corrected chi connectivity index (χ1v) is 6.81. The molecule has 0 aliphatic heterocycles. The molecule has 2 rings (SSSR count). The minimum Gasteiger partial charge on any atom is -0.438 e. The maximum absolute atomic E-state index is 11.5. The fraction of sp³-hybridized carbons (Fsp3) is 0.267. The van der Waals surface area contributed by atoms with Gasteiger partial charge in [0.1, 0.15) is 5.75 Å². The largest absolute Gasteiger partial charge is 0.438 e. The minimum atomic E-state index is -0.248. The molecule has 0 bridgehead atoms. The van der Waals surface area contributed by atoms with E-state index in [2.05, 4.69) is 15.5 Å². The van der Waals surface area contributed by atoms with Crippen LogP contribution < -0.4 is 15.8 Å². The number of nitrogens with zero attached hydrogens (tertiary/aromatic N) is 2. The van der Waals surface area contributed by atoms with Crippen molar-refractivity contribution in [2.75, 3.05) is 13.1 Å². The van der Waals surface area contributed by atoms with Crippen molar-refractivity contribution in [2.45, 2.75) is 13.3 Å². The van der Waals surface area contributed by atoms with E-state index in [0.29, 0.717) is 24.7 Å². The van der Waals surface area contributed by atoms with Gasteiger partial charge in [0, 0.05) is 12.6 Å². The highest BCUT2D eigenvalue weighted by Crippen LogP contribution is 2.19. The highest BCUT2D eigenvalue weighted by molar-refractivity contribution is 5.91. The van der Waals surface area contributed by atoms with Crippen LogP contribution in [0.1, 0.15) is 23.0 Å². The summed E-state index contributed by atoms with van der Waals surface area (Å²) >= 11 is 0. The van der Waals surface area contributed by atoms with Crippen LogP contribution in [-0.4, -0.2) is 29.2 Å². The Balaban J connectivity index is 2.01. The summed E-state index contributed by atoms with van der Waals surface area (Å²) in [5.41, 5.74) is 6.92. The van der Waals surface area contributed by atoms with Gasteiger partial charge in [0.05, 0.1) is 0 Å². The van der Waals surface area contributed by atoms with Crippen molar-refractivity contribution >= 4 is 5.91 Å². The summed E-state index contributed by atoms with van der Waals surface area (Å²) < 4.78 is 5.57. The molecule has 3 N–H and O–H groups in total. The van der Waals surface area contributed by atoms with Crippen LogP contribution in [-0.2, 0) is 6.42 Å². The third-order valence-electron chi connectivity index (χ3n) is 2.79. The highest BCUT2D eigenvalue weighted by Gasteiger charge is 2.07. The van der Waals surface area contributed by atoms with E-state index < -0.39 is 0 Å². The zero-order valence-electron chi connectivity index (χ0n) is 11.9. The van der Waals surface area contributed by atoms with Crippen LogP contribution in [0.25, 0.3) is 0 Å². The zero-order chi connectivity index (χ0) is 15.1. The summed E-state index contributed by atoms with van der Waals surface area (Å²) in [6.45, 7) is 3.01. The second kappa shape index (κ2) is 7.35. The SMILES string of the molecule is CCNC(=O)c1ccc(Oc2ccc(CCN)cc2)nn1. The molecular weight excluding hydrogens is 268 g/mol. The van der Waals surface area contributed by atoms with Crippen molar-refractivity contribution in [1.82, 2.24) is 15.5 Å². The summed E-state index contributed by atoms with van der Waals surface area (Å²) in [7, 11) is 0. The Morgan fingerprint density at radius 3 is 2.52 bits per heavy atom. The Labute approximate surface area is 123 Å². The van der Waals surface area contributed by atoms with Gasteiger partial charge in [-0.25, -0.2) is 0 Å². The molecule has 0 aliphatic carbocycles. The smallest absolute Gasteiger partial charge is 0.271 e. The number of aromatic nitrogens is 2. The first kappa shape index (κ1) is 14.9. The van der Waals surface area contributed by atoms with Gasteiger partial charge in [-0.2, -0.15) is 0 Å². The zero-order valence-corrected chi connectivity index (χ0v) is 11.9. The van der Waals surface area contributed by atoms with Gasteiger partial charge in [-0.05, 0) is 43.7 Å². The Hall–Kier alpha value is -2.47. The van der Waals surface area contributed by atoms with Gasteiger partial charge in [0.25, 0.3) is 5.91 Å². The number of carbonyl (C=O) groups excluding carboxylic acids is 1. The number of hydrogen-bond donors (Lipinski definition) is 2. The normalized spacial score (nSPS) is 10.2. The van der Waals surface area contributed by atoms with Crippen LogP contribution in [0.2, 0.25) is 0 Å². The summed E-state index contributed by atoms with van der Waals surface area (Å²) in [4.78, 5) is 11.5. The fourth-order valence-corrected chi connectivity index (χ4v) is 1.76. The summed E-state index contributed by atoms with van der Waals surface area (Å²) in [6.07, 6.45) is 0.835. The standard InChI is InChI=1S/C15H18N4O2/c1-2-17-15(20)13-7-8-14(19-18-13)21-12-5-3-11(4-6-12)9-10-16/h3-8H,2,9-10,16H2,1H3,(H,17,20). The molecule has 6 nitrogen and oxygen atoms in total. The van der Waals surface area contributed by atoms with E-state index in [1.165, 1.54) is 0 Å². The van der Waals surface area contributed by atoms with Crippen molar-refractivity contribution in [1.29, 1.82) is 0 Å². The molecule has 1 heterocycles. The monoisotopic (exact) mass is 286 g/mol. The number of benzene rings is 1. The van der Waals surface area contributed by atoms with Gasteiger partial charge in [0.2, 0.25) is 5.88 Å². The molecule has 1 amide bonds. The van der Waals surface area contributed by atoms with Gasteiger partial charge in [-0.3, -0.25) is 4.79 Å². The molecule has 1 aromatic heterocycles. The molecule has 0 saturated carbocycles. The van der Waals surface area contributed by atoms with Crippen molar-refractivity contribution in [3.8, 4) is 11.6 Å². The molecule has 110 valence electrons. The Morgan fingerprint density at radius 1 is 1.19 bits per heavy atom. The molecule has 21 heavy (non-hydrogen) atoms. The van der Waals surface area contributed by atoms with E-state index in [0.717, 1.165) is 12.0 Å². The minimum absolute atomic E-state index is 0.248. The molecule has 6 heteroatoms. The third kappa shape index (κ3) is 4.25. The van der Waals surface area contributed by atoms with E-state index in [1.807, 2.05) is 31.2 Å². The van der Waals surface area contributed by atoms with E-state index in [4.69, 9.17) is 10.5 Å². The van der Waals surface area contributed by atoms with Crippen LogP contribution in [0.5, 0.6) is 11.6 Å². The average Bonchev–Trinajstić information content (AvgIpc) is 2.50. The van der Waals surface area contributed by atoms with Gasteiger partial charge >= 0.3 is 0 Å². The molecule has 0 radical (unpaired) electrons. The van der Waals surface area contributed by atoms with E-state index in [-0.39, 0.29) is 11.6 Å². The number of ether oxygens (including phenoxy) is 1. The number of carbonyl (C=O) groups is 1. The van der Waals surface area contributed by atoms with E-state index in [9.17, 15) is 4.79 Å². The summed E-state index contributed by atoms with van der Waals surface area (Å²) in [5, 5.41) is 10.4. The van der Waals surface area contributed by atoms with Crippen LogP contribution in [0.15, 0.2) is 36.4 Å². The van der Waals surface area contributed by atoms with E-state index >= 15 is 0 Å². The van der Waals surface area contributed by atoms with Crippen LogP contribution in [0, 0.1) is 0 Å². The van der Waals surface area contributed by atoms with Gasteiger partial charge in [-0.15, -0.1) is 10.2 Å². The molecule has 1 aromatic carbocycles. The maximum Gasteiger partial charge on any atom is 0.271 e. The lowest BCUT2D eigenvalue weighted by atomic mass is 10.1. The van der Waals surface area contributed by atoms with Crippen LogP contribution >= 0.6 is 0 Å². The fourth-order valence-electron chi connectivity index (χ4n) is 1.76. The van der Waals surface area contributed by atoms with Gasteiger partial charge in [0.15, 0.2) is 5.69 Å². The van der Waals surface area contributed by atoms with Gasteiger partial charge < -0.3 is 15.8 Å². The van der Waals surface area contributed by atoms with Gasteiger partial charge in [-0.1, -0.05) is 12.1 Å². The lowest BCUT2D eigenvalue weighted by molar-refractivity contribution is 0.0949. The van der Waals surface area contributed by atoms with Crippen molar-refractivity contribution in [3.05, 3.63) is 47.7 Å². The maximum atomic E-state index is 11.5. The number of nitrogens with one attached hydrogen (secondary N) is 1. The molecule has 0 spiro atoms. The Bertz CT molecular complexity index is 582. The van der Waals surface area contributed by atoms with Crippen LogP contribution in [0.4, 0.5) is 0 Å². The second-order valence-electron chi connectivity index (χ2n) is 4.40. The summed E-state index contributed by atoms with van der Waals surface area (Å²) in [5.74, 6) is 0.758. The van der Waals surface area contributed by atoms with Crippen LogP contribution in [0.3, 0.4) is 0 Å². The molecular formula is C15H18N4O2. The average molecular weight is 286 g/mol. The quantitative estimate of drug-likeness (QED) is 0.840. The van der Waals surface area contributed by atoms with Crippen molar-refractivity contribution in [2.24, 2.45) is 5.73 Å².